The van der Waals surface area contributed by atoms with Crippen LogP contribution in [0.3, 0.4) is 0 Å². The third kappa shape index (κ3) is 1.87. The van der Waals surface area contributed by atoms with E-state index in [2.05, 4.69) is 25.3 Å². The van der Waals surface area contributed by atoms with Gasteiger partial charge in [0.2, 0.25) is 11.9 Å². The number of nitrogens with one attached hydrogen (secondary N) is 2. The van der Waals surface area contributed by atoms with Crippen molar-refractivity contribution in [3.63, 3.8) is 0 Å². The summed E-state index contributed by atoms with van der Waals surface area (Å²) in [7, 11) is 0. The predicted molar refractivity (Wildman–Crippen MR) is 69.6 cm³/mol. The molecule has 4 rings (SSSR count). The molecule has 2 unspecified atom stereocenters. The molecule has 0 spiro atoms. The van der Waals surface area contributed by atoms with E-state index in [1.54, 1.807) is 0 Å². The van der Waals surface area contributed by atoms with E-state index in [4.69, 9.17) is 11.6 Å². The first-order valence-corrected chi connectivity index (χ1v) is 6.76. The van der Waals surface area contributed by atoms with E-state index in [1.807, 2.05) is 0 Å². The van der Waals surface area contributed by atoms with Crippen LogP contribution in [-0.2, 0) is 4.79 Å². The standard InChI is InChI=1S/C12H12ClN5O/c13-9-8-10(15-4-14-8)17-12(16-9)18-11(19)7-2-5-1-6(5)3-7/h4-7H,1-3H2,(H2,14,15,16,17,18,19). The number of hydrogen-bond acceptors (Lipinski definition) is 4. The van der Waals surface area contributed by atoms with Crippen LogP contribution in [0.25, 0.3) is 11.2 Å². The third-order valence-corrected chi connectivity index (χ3v) is 4.36. The number of hydrogen-bond donors (Lipinski definition) is 2. The second-order valence-corrected chi connectivity index (χ2v) is 5.71. The highest BCUT2D eigenvalue weighted by Gasteiger charge is 2.48. The van der Waals surface area contributed by atoms with Crippen LogP contribution in [0.4, 0.5) is 5.95 Å². The van der Waals surface area contributed by atoms with Gasteiger partial charge in [0.15, 0.2) is 10.8 Å². The maximum absolute atomic E-state index is 12.1. The Morgan fingerprint density at radius 1 is 1.32 bits per heavy atom. The number of rotatable bonds is 2. The molecule has 2 atom stereocenters. The first-order chi connectivity index (χ1) is 9.20. The minimum absolute atomic E-state index is 0.00171. The van der Waals surface area contributed by atoms with Gasteiger partial charge in [-0.15, -0.1) is 0 Å². The highest BCUT2D eigenvalue weighted by molar-refractivity contribution is 6.33. The lowest BCUT2D eigenvalue weighted by Crippen LogP contribution is -2.22. The van der Waals surface area contributed by atoms with Crippen LogP contribution in [0.15, 0.2) is 6.33 Å². The minimum atomic E-state index is -0.00171. The van der Waals surface area contributed by atoms with Crippen molar-refractivity contribution < 1.29 is 4.79 Å². The van der Waals surface area contributed by atoms with Crippen LogP contribution >= 0.6 is 11.6 Å². The summed E-state index contributed by atoms with van der Waals surface area (Å²) >= 11 is 6.00. The topological polar surface area (TPSA) is 83.6 Å². The Kier molecular flexibility index (Phi) is 2.29. The SMILES string of the molecule is O=C(Nc1nc(Cl)c2[nH]cnc2n1)C1CC2CC2C1. The Bertz CT molecular complexity index is 659. The van der Waals surface area contributed by atoms with Crippen molar-refractivity contribution in [1.82, 2.24) is 19.9 Å². The molecule has 7 heteroatoms. The molecule has 2 saturated carbocycles. The average molecular weight is 278 g/mol. The summed E-state index contributed by atoms with van der Waals surface area (Å²) in [4.78, 5) is 27.2. The number of amides is 1. The fourth-order valence-electron chi connectivity index (χ4n) is 2.99. The number of carbonyl (C=O) groups excluding carboxylic acids is 1. The largest absolute Gasteiger partial charge is 0.341 e. The lowest BCUT2D eigenvalue weighted by molar-refractivity contribution is -0.120. The summed E-state index contributed by atoms with van der Waals surface area (Å²) in [6.07, 6.45) is 4.79. The monoisotopic (exact) mass is 277 g/mol. The second kappa shape index (κ2) is 3.90. The van der Waals surface area contributed by atoms with Crippen molar-refractivity contribution in [3.05, 3.63) is 11.5 Å². The number of fused-ring (bicyclic) bond motifs is 2. The van der Waals surface area contributed by atoms with E-state index >= 15 is 0 Å². The molecule has 98 valence electrons. The number of aromatic amines is 1. The van der Waals surface area contributed by atoms with Gasteiger partial charge in [-0.2, -0.15) is 9.97 Å². The van der Waals surface area contributed by atoms with Crippen molar-refractivity contribution in [3.8, 4) is 0 Å². The molecule has 1 amide bonds. The molecule has 0 saturated heterocycles. The number of anilines is 1. The molecule has 0 bridgehead atoms. The Hall–Kier alpha value is -1.69. The molecule has 0 radical (unpaired) electrons. The molecular weight excluding hydrogens is 266 g/mol. The molecule has 2 N–H and O–H groups in total. The summed E-state index contributed by atoms with van der Waals surface area (Å²) in [5, 5.41) is 3.02. The molecular formula is C12H12ClN5O. The van der Waals surface area contributed by atoms with Crippen molar-refractivity contribution in [1.29, 1.82) is 0 Å². The molecule has 2 aliphatic carbocycles. The van der Waals surface area contributed by atoms with Gasteiger partial charge < -0.3 is 4.98 Å². The summed E-state index contributed by atoms with van der Waals surface area (Å²) in [6, 6.07) is 0. The predicted octanol–water partition coefficient (Wildman–Crippen LogP) is 1.99. The molecule has 19 heavy (non-hydrogen) atoms. The maximum Gasteiger partial charge on any atom is 0.233 e. The number of nitrogens with zero attached hydrogens (tertiary/aromatic N) is 3. The smallest absolute Gasteiger partial charge is 0.233 e. The van der Waals surface area contributed by atoms with Gasteiger partial charge in [-0.1, -0.05) is 11.6 Å². The zero-order valence-corrected chi connectivity index (χ0v) is 10.8. The Morgan fingerprint density at radius 3 is 2.89 bits per heavy atom. The molecule has 0 aromatic carbocycles. The minimum Gasteiger partial charge on any atom is -0.341 e. The normalized spacial score (nSPS) is 28.4. The number of aromatic nitrogens is 4. The van der Waals surface area contributed by atoms with Crippen LogP contribution < -0.4 is 5.32 Å². The van der Waals surface area contributed by atoms with Crippen LogP contribution in [0.2, 0.25) is 5.15 Å². The first kappa shape index (κ1) is 11.2. The first-order valence-electron chi connectivity index (χ1n) is 6.38. The molecule has 2 aromatic heterocycles. The Morgan fingerprint density at radius 2 is 2.11 bits per heavy atom. The Balaban J connectivity index is 1.55. The summed E-state index contributed by atoms with van der Waals surface area (Å²) in [6.45, 7) is 0. The summed E-state index contributed by atoms with van der Waals surface area (Å²) < 4.78 is 0. The van der Waals surface area contributed by atoms with E-state index in [-0.39, 0.29) is 22.9 Å². The number of H-pyrrole nitrogens is 1. The molecule has 2 aliphatic rings. The summed E-state index contributed by atoms with van der Waals surface area (Å²) in [5.74, 6) is 1.87. The van der Waals surface area contributed by atoms with E-state index in [0.717, 1.165) is 24.7 Å². The van der Waals surface area contributed by atoms with Gasteiger partial charge in [-0.3, -0.25) is 10.1 Å². The number of halogens is 1. The zero-order chi connectivity index (χ0) is 13.0. The third-order valence-electron chi connectivity index (χ3n) is 4.09. The van der Waals surface area contributed by atoms with Gasteiger partial charge in [0.05, 0.1) is 6.33 Å². The van der Waals surface area contributed by atoms with Crippen LogP contribution in [0.5, 0.6) is 0 Å². The van der Waals surface area contributed by atoms with Crippen molar-refractivity contribution in [2.24, 2.45) is 17.8 Å². The fourth-order valence-corrected chi connectivity index (χ4v) is 3.21. The lowest BCUT2D eigenvalue weighted by Gasteiger charge is -2.11. The maximum atomic E-state index is 12.1. The van der Waals surface area contributed by atoms with Gasteiger partial charge in [0.1, 0.15) is 5.52 Å². The average Bonchev–Trinajstić information content (AvgIpc) is 2.80. The van der Waals surface area contributed by atoms with E-state index in [9.17, 15) is 4.79 Å². The highest BCUT2D eigenvalue weighted by Crippen LogP contribution is 2.54. The van der Waals surface area contributed by atoms with E-state index in [1.165, 1.54) is 12.7 Å². The Labute approximate surface area is 114 Å². The van der Waals surface area contributed by atoms with Gasteiger partial charge in [0, 0.05) is 5.92 Å². The van der Waals surface area contributed by atoms with E-state index in [0.29, 0.717) is 11.2 Å². The van der Waals surface area contributed by atoms with Gasteiger partial charge in [-0.25, -0.2) is 4.98 Å². The van der Waals surface area contributed by atoms with Gasteiger partial charge in [0.25, 0.3) is 0 Å². The van der Waals surface area contributed by atoms with Gasteiger partial charge >= 0.3 is 0 Å². The second-order valence-electron chi connectivity index (χ2n) is 5.35. The quantitative estimate of drug-likeness (QED) is 0.822. The van der Waals surface area contributed by atoms with Gasteiger partial charge in [-0.05, 0) is 31.1 Å². The summed E-state index contributed by atoms with van der Waals surface area (Å²) in [5.41, 5.74) is 1.05. The molecule has 2 heterocycles. The van der Waals surface area contributed by atoms with Crippen molar-refractivity contribution >= 4 is 34.6 Å². The highest BCUT2D eigenvalue weighted by atomic mass is 35.5. The molecule has 0 aliphatic heterocycles. The zero-order valence-electron chi connectivity index (χ0n) is 10.1. The van der Waals surface area contributed by atoms with Crippen LogP contribution in [-0.4, -0.2) is 25.8 Å². The number of carbonyl (C=O) groups is 1. The molecule has 6 nitrogen and oxygen atoms in total. The van der Waals surface area contributed by atoms with Crippen molar-refractivity contribution in [2.45, 2.75) is 19.3 Å². The molecule has 2 aromatic rings. The van der Waals surface area contributed by atoms with Crippen LogP contribution in [0.1, 0.15) is 19.3 Å². The number of imidazole rings is 1. The van der Waals surface area contributed by atoms with E-state index < -0.39 is 0 Å². The molecule has 2 fully saturated rings. The fraction of sp³-hybridized carbons (Fsp3) is 0.500. The lowest BCUT2D eigenvalue weighted by atomic mass is 10.0. The van der Waals surface area contributed by atoms with Crippen LogP contribution in [0, 0.1) is 17.8 Å². The van der Waals surface area contributed by atoms with Crippen molar-refractivity contribution in [2.75, 3.05) is 5.32 Å².